The number of hydrogen-bond acceptors (Lipinski definition) is 4. The van der Waals surface area contributed by atoms with Crippen molar-refractivity contribution in [3.8, 4) is 22.3 Å². The van der Waals surface area contributed by atoms with Crippen molar-refractivity contribution < 1.29 is 20.1 Å². The Hall–Kier alpha value is -2.19. The smallest absolute Gasteiger partial charge is 0.423 e. The summed E-state index contributed by atoms with van der Waals surface area (Å²) in [5.74, 6) is 0. The third-order valence-electron chi connectivity index (χ3n) is 4.69. The summed E-state index contributed by atoms with van der Waals surface area (Å²) in [6.45, 7) is 0. The van der Waals surface area contributed by atoms with E-state index in [0.29, 0.717) is 10.9 Å². The normalized spacial score (nSPS) is 10.2. The van der Waals surface area contributed by atoms with Gasteiger partial charge in [-0.1, -0.05) is 105 Å². The molecule has 0 amide bonds. The predicted octanol–water partition coefficient (Wildman–Crippen LogP) is 3.59. The minimum absolute atomic E-state index is 0.391. The standard InChI is InChI=1S/C12H12B2O4.C12H8Br2/c15-13(16)11-5-1-3-9(7-11)10-4-2-6-12(8-10)14(17)18;13-11-5-1-3-9(7-11)10-4-2-6-12(14)8-10/h1-8,15-18H;1-8H. The molecule has 0 unspecified atom stereocenters. The zero-order valence-electron chi connectivity index (χ0n) is 16.9. The van der Waals surface area contributed by atoms with Crippen LogP contribution in [-0.4, -0.2) is 34.3 Å². The van der Waals surface area contributed by atoms with Crippen LogP contribution in [0, 0.1) is 0 Å². The quantitative estimate of drug-likeness (QED) is 0.291. The summed E-state index contributed by atoms with van der Waals surface area (Å²) in [6.07, 6.45) is 0. The predicted molar refractivity (Wildman–Crippen MR) is 139 cm³/mol. The summed E-state index contributed by atoms with van der Waals surface area (Å²) in [5, 5.41) is 36.5. The van der Waals surface area contributed by atoms with Crippen molar-refractivity contribution in [2.75, 3.05) is 0 Å². The molecule has 0 aliphatic carbocycles. The molecule has 0 saturated heterocycles. The van der Waals surface area contributed by atoms with Crippen molar-refractivity contribution in [2.24, 2.45) is 0 Å². The van der Waals surface area contributed by atoms with Gasteiger partial charge in [-0.2, -0.15) is 0 Å². The van der Waals surface area contributed by atoms with E-state index in [-0.39, 0.29) is 0 Å². The van der Waals surface area contributed by atoms with Crippen molar-refractivity contribution in [1.82, 2.24) is 0 Å². The van der Waals surface area contributed by atoms with Gasteiger partial charge in [-0.15, -0.1) is 0 Å². The minimum atomic E-state index is -1.52. The number of benzene rings is 4. The van der Waals surface area contributed by atoms with Crippen LogP contribution in [0.15, 0.2) is 106 Å². The molecule has 0 heterocycles. The third kappa shape index (κ3) is 6.90. The van der Waals surface area contributed by atoms with Crippen LogP contribution in [0.25, 0.3) is 22.3 Å². The molecule has 0 aliphatic rings. The van der Waals surface area contributed by atoms with Crippen LogP contribution in [0.1, 0.15) is 0 Å². The summed E-state index contributed by atoms with van der Waals surface area (Å²) in [6, 6.07) is 30.1. The lowest BCUT2D eigenvalue weighted by atomic mass is 9.77. The molecule has 0 bridgehead atoms. The van der Waals surface area contributed by atoms with Crippen molar-refractivity contribution >= 4 is 57.0 Å². The number of hydrogen-bond donors (Lipinski definition) is 4. The maximum atomic E-state index is 9.11. The molecule has 0 fully saturated rings. The second kappa shape index (κ2) is 11.6. The number of halogens is 2. The molecular formula is C24H20B2Br2O4. The highest BCUT2D eigenvalue weighted by molar-refractivity contribution is 9.10. The van der Waals surface area contributed by atoms with Gasteiger partial charge in [-0.25, -0.2) is 0 Å². The second-order valence-electron chi connectivity index (χ2n) is 7.02. The fourth-order valence-corrected chi connectivity index (χ4v) is 3.89. The van der Waals surface area contributed by atoms with Gasteiger partial charge in [0.2, 0.25) is 0 Å². The molecular weight excluding hydrogens is 534 g/mol. The summed E-state index contributed by atoms with van der Waals surface area (Å²) >= 11 is 6.93. The van der Waals surface area contributed by atoms with Crippen LogP contribution in [0.3, 0.4) is 0 Å². The van der Waals surface area contributed by atoms with Crippen LogP contribution in [0.2, 0.25) is 0 Å². The average Bonchev–Trinajstić information content (AvgIpc) is 2.80. The van der Waals surface area contributed by atoms with Crippen molar-refractivity contribution in [3.05, 3.63) is 106 Å². The Kier molecular flexibility index (Phi) is 8.87. The Morgan fingerprint density at radius 1 is 0.438 bits per heavy atom. The van der Waals surface area contributed by atoms with Gasteiger partial charge in [0, 0.05) is 8.95 Å². The van der Waals surface area contributed by atoms with Gasteiger partial charge < -0.3 is 20.1 Å². The van der Waals surface area contributed by atoms with Crippen LogP contribution in [-0.2, 0) is 0 Å². The van der Waals surface area contributed by atoms with E-state index < -0.39 is 14.2 Å². The Morgan fingerprint density at radius 3 is 1.06 bits per heavy atom. The van der Waals surface area contributed by atoms with Gasteiger partial charge in [-0.05, 0) is 57.4 Å². The molecule has 0 aliphatic heterocycles. The highest BCUT2D eigenvalue weighted by Crippen LogP contribution is 2.25. The Morgan fingerprint density at radius 2 is 0.750 bits per heavy atom. The fraction of sp³-hybridized carbons (Fsp3) is 0. The topological polar surface area (TPSA) is 80.9 Å². The third-order valence-corrected chi connectivity index (χ3v) is 5.67. The first-order valence-electron chi connectivity index (χ1n) is 9.77. The molecule has 4 rings (SSSR count). The lowest BCUT2D eigenvalue weighted by molar-refractivity contribution is 0.424. The second-order valence-corrected chi connectivity index (χ2v) is 8.85. The average molecular weight is 554 g/mol. The molecule has 0 radical (unpaired) electrons. The Labute approximate surface area is 204 Å². The van der Waals surface area contributed by atoms with Crippen molar-refractivity contribution in [2.45, 2.75) is 0 Å². The molecule has 4 nitrogen and oxygen atoms in total. The minimum Gasteiger partial charge on any atom is -0.423 e. The highest BCUT2D eigenvalue weighted by Gasteiger charge is 2.13. The maximum absolute atomic E-state index is 9.11. The molecule has 4 aromatic rings. The molecule has 160 valence electrons. The summed E-state index contributed by atoms with van der Waals surface area (Å²) in [5.41, 5.74) is 4.79. The van der Waals surface area contributed by atoms with E-state index in [1.807, 2.05) is 36.4 Å². The van der Waals surface area contributed by atoms with Crippen molar-refractivity contribution in [3.63, 3.8) is 0 Å². The highest BCUT2D eigenvalue weighted by atomic mass is 79.9. The first-order valence-corrected chi connectivity index (χ1v) is 11.4. The van der Waals surface area contributed by atoms with E-state index in [0.717, 1.165) is 20.1 Å². The lowest BCUT2D eigenvalue weighted by Gasteiger charge is -2.07. The maximum Gasteiger partial charge on any atom is 0.488 e. The van der Waals surface area contributed by atoms with Gasteiger partial charge in [0.1, 0.15) is 0 Å². The fourth-order valence-electron chi connectivity index (χ4n) is 3.09. The molecule has 0 aromatic heterocycles. The van der Waals surface area contributed by atoms with Crippen LogP contribution >= 0.6 is 31.9 Å². The molecule has 32 heavy (non-hydrogen) atoms. The van der Waals surface area contributed by atoms with Crippen LogP contribution in [0.4, 0.5) is 0 Å². The van der Waals surface area contributed by atoms with Crippen molar-refractivity contribution in [1.29, 1.82) is 0 Å². The number of rotatable bonds is 4. The van der Waals surface area contributed by atoms with Crippen LogP contribution < -0.4 is 10.9 Å². The van der Waals surface area contributed by atoms with E-state index in [4.69, 9.17) is 20.1 Å². The summed E-state index contributed by atoms with van der Waals surface area (Å²) < 4.78 is 2.21. The summed E-state index contributed by atoms with van der Waals surface area (Å²) in [7, 11) is -3.03. The van der Waals surface area contributed by atoms with E-state index in [1.54, 1.807) is 36.4 Å². The first kappa shape index (κ1) is 24.5. The molecule has 0 saturated carbocycles. The Balaban J connectivity index is 0.000000186. The molecule has 0 atom stereocenters. The molecule has 8 heteroatoms. The van der Waals surface area contributed by atoms with E-state index in [2.05, 4.69) is 56.1 Å². The molecule has 0 spiro atoms. The monoisotopic (exact) mass is 552 g/mol. The van der Waals surface area contributed by atoms with Gasteiger partial charge >= 0.3 is 14.2 Å². The van der Waals surface area contributed by atoms with Crippen LogP contribution in [0.5, 0.6) is 0 Å². The first-order chi connectivity index (χ1) is 15.3. The van der Waals surface area contributed by atoms with E-state index >= 15 is 0 Å². The van der Waals surface area contributed by atoms with E-state index in [9.17, 15) is 0 Å². The Bertz CT molecular complexity index is 1090. The van der Waals surface area contributed by atoms with Gasteiger partial charge in [0.05, 0.1) is 0 Å². The zero-order valence-corrected chi connectivity index (χ0v) is 20.1. The largest absolute Gasteiger partial charge is 0.488 e. The summed E-state index contributed by atoms with van der Waals surface area (Å²) in [4.78, 5) is 0. The van der Waals surface area contributed by atoms with Gasteiger partial charge in [0.15, 0.2) is 0 Å². The molecule has 4 aromatic carbocycles. The lowest BCUT2D eigenvalue weighted by Crippen LogP contribution is -2.30. The van der Waals surface area contributed by atoms with E-state index in [1.165, 1.54) is 11.1 Å². The SMILES string of the molecule is Brc1cccc(-c2cccc(Br)c2)c1.OB(O)c1cccc(-c2cccc(B(O)O)c2)c1. The van der Waals surface area contributed by atoms with Gasteiger partial charge in [0.25, 0.3) is 0 Å². The zero-order chi connectivity index (χ0) is 23.1. The molecule has 4 N–H and O–H groups in total. The van der Waals surface area contributed by atoms with Gasteiger partial charge in [-0.3, -0.25) is 0 Å².